The van der Waals surface area contributed by atoms with E-state index in [9.17, 15) is 8.42 Å². The van der Waals surface area contributed by atoms with Crippen molar-refractivity contribution in [3.8, 4) is 0 Å². The highest BCUT2D eigenvalue weighted by Crippen LogP contribution is 2.33. The Morgan fingerprint density at radius 3 is 2.21 bits per heavy atom. The number of nitrogens with zero attached hydrogens (tertiary/aromatic N) is 1. The van der Waals surface area contributed by atoms with Gasteiger partial charge in [-0.1, -0.05) is 20.8 Å². The fraction of sp³-hybridized carbons (Fsp3) is 1.00. The monoisotopic (exact) mass is 290 g/mol. The van der Waals surface area contributed by atoms with E-state index in [-0.39, 0.29) is 5.75 Å². The van der Waals surface area contributed by atoms with Crippen LogP contribution in [0.1, 0.15) is 33.6 Å². The second-order valence-electron chi connectivity index (χ2n) is 6.86. The molecule has 1 N–H and O–H groups in total. The molecule has 0 aromatic rings. The van der Waals surface area contributed by atoms with E-state index in [1.807, 2.05) is 0 Å². The highest BCUT2D eigenvalue weighted by molar-refractivity contribution is 7.90. The van der Waals surface area contributed by atoms with E-state index < -0.39 is 9.84 Å². The van der Waals surface area contributed by atoms with Gasteiger partial charge in [-0.25, -0.2) is 8.42 Å². The Kier molecular flexibility index (Phi) is 6.27. The Balaban J connectivity index is 2.10. The number of piperidine rings is 1. The topological polar surface area (TPSA) is 49.4 Å². The normalized spacial score (nSPS) is 19.8. The minimum atomic E-state index is -2.83. The van der Waals surface area contributed by atoms with Gasteiger partial charge >= 0.3 is 0 Å². The van der Waals surface area contributed by atoms with Crippen LogP contribution in [0.2, 0.25) is 0 Å². The second kappa shape index (κ2) is 7.04. The van der Waals surface area contributed by atoms with Crippen LogP contribution >= 0.6 is 0 Å². The molecule has 0 aliphatic carbocycles. The predicted molar refractivity (Wildman–Crippen MR) is 81.2 cm³/mol. The highest BCUT2D eigenvalue weighted by atomic mass is 32.2. The Hall–Kier alpha value is -0.130. The highest BCUT2D eigenvalue weighted by Gasteiger charge is 2.28. The van der Waals surface area contributed by atoms with Crippen molar-refractivity contribution >= 4 is 9.84 Å². The average molecular weight is 290 g/mol. The molecule has 1 heterocycles. The zero-order chi connectivity index (χ0) is 14.5. The van der Waals surface area contributed by atoms with E-state index in [0.29, 0.717) is 12.0 Å². The molecule has 1 aliphatic heterocycles. The van der Waals surface area contributed by atoms with Crippen molar-refractivity contribution in [2.45, 2.75) is 33.6 Å². The molecule has 19 heavy (non-hydrogen) atoms. The first-order chi connectivity index (χ1) is 8.68. The van der Waals surface area contributed by atoms with Crippen LogP contribution in [0.25, 0.3) is 0 Å². The minimum Gasteiger partial charge on any atom is -0.314 e. The summed E-state index contributed by atoms with van der Waals surface area (Å²) in [4.78, 5) is 2.48. The SMILES string of the molecule is CC(C)(C)C1CCN(CCNCCS(C)(=O)=O)CC1. The third kappa shape index (κ3) is 7.28. The molecule has 1 rings (SSSR count). The third-order valence-electron chi connectivity index (χ3n) is 4.07. The maximum atomic E-state index is 11.0. The van der Waals surface area contributed by atoms with Gasteiger partial charge in [0.25, 0.3) is 0 Å². The molecule has 0 bridgehead atoms. The van der Waals surface area contributed by atoms with Crippen LogP contribution in [0.15, 0.2) is 0 Å². The summed E-state index contributed by atoms with van der Waals surface area (Å²) in [5.41, 5.74) is 0.430. The zero-order valence-corrected chi connectivity index (χ0v) is 13.7. The van der Waals surface area contributed by atoms with Crippen molar-refractivity contribution in [3.05, 3.63) is 0 Å². The van der Waals surface area contributed by atoms with Gasteiger partial charge in [0.1, 0.15) is 9.84 Å². The van der Waals surface area contributed by atoms with E-state index >= 15 is 0 Å². The molecular formula is C14H30N2O2S. The average Bonchev–Trinajstić information content (AvgIpc) is 2.26. The first-order valence-corrected chi connectivity index (χ1v) is 9.35. The van der Waals surface area contributed by atoms with Gasteiger partial charge in [0, 0.05) is 25.9 Å². The maximum absolute atomic E-state index is 11.0. The summed E-state index contributed by atoms with van der Waals surface area (Å²) in [5.74, 6) is 1.07. The van der Waals surface area contributed by atoms with E-state index in [2.05, 4.69) is 31.0 Å². The lowest BCUT2D eigenvalue weighted by Gasteiger charge is -2.38. The molecule has 1 fully saturated rings. The lowest BCUT2D eigenvalue weighted by Crippen LogP contribution is -2.41. The lowest BCUT2D eigenvalue weighted by molar-refractivity contribution is 0.113. The van der Waals surface area contributed by atoms with Gasteiger partial charge in [-0.2, -0.15) is 0 Å². The smallest absolute Gasteiger partial charge is 0.148 e. The summed E-state index contributed by atoms with van der Waals surface area (Å²) in [5, 5.41) is 3.21. The number of rotatable bonds is 6. The van der Waals surface area contributed by atoms with Crippen LogP contribution in [0.4, 0.5) is 0 Å². The first-order valence-electron chi connectivity index (χ1n) is 7.29. The third-order valence-corrected chi connectivity index (χ3v) is 5.01. The Bertz CT molecular complexity index is 352. The van der Waals surface area contributed by atoms with Crippen LogP contribution in [-0.2, 0) is 9.84 Å². The summed E-state index contributed by atoms with van der Waals surface area (Å²) in [7, 11) is -2.83. The first kappa shape index (κ1) is 16.9. The largest absolute Gasteiger partial charge is 0.314 e. The van der Waals surface area contributed by atoms with Crippen LogP contribution in [0, 0.1) is 11.3 Å². The van der Waals surface area contributed by atoms with Crippen molar-refractivity contribution in [1.29, 1.82) is 0 Å². The lowest BCUT2D eigenvalue weighted by atomic mass is 9.75. The predicted octanol–water partition coefficient (Wildman–Crippen LogP) is 1.38. The van der Waals surface area contributed by atoms with Crippen LogP contribution in [0.5, 0.6) is 0 Å². The molecule has 0 saturated carbocycles. The summed E-state index contributed by atoms with van der Waals surface area (Å²) in [6, 6.07) is 0. The quantitative estimate of drug-likeness (QED) is 0.751. The molecule has 1 aliphatic rings. The van der Waals surface area contributed by atoms with E-state index in [0.717, 1.165) is 19.0 Å². The van der Waals surface area contributed by atoms with Crippen molar-refractivity contribution in [2.24, 2.45) is 11.3 Å². The fourth-order valence-corrected chi connectivity index (χ4v) is 3.16. The number of hydrogen-bond donors (Lipinski definition) is 1. The molecule has 0 spiro atoms. The van der Waals surface area contributed by atoms with Crippen LogP contribution in [0.3, 0.4) is 0 Å². The van der Waals surface area contributed by atoms with E-state index in [1.54, 1.807) is 0 Å². The maximum Gasteiger partial charge on any atom is 0.148 e. The molecule has 0 radical (unpaired) electrons. The van der Waals surface area contributed by atoms with Crippen LogP contribution in [-0.4, -0.2) is 58.1 Å². The Morgan fingerprint density at radius 2 is 1.74 bits per heavy atom. The van der Waals surface area contributed by atoms with Gasteiger partial charge in [0.15, 0.2) is 0 Å². The van der Waals surface area contributed by atoms with E-state index in [4.69, 9.17) is 0 Å². The summed E-state index contributed by atoms with van der Waals surface area (Å²) in [6.07, 6.45) is 3.85. The number of hydrogen-bond acceptors (Lipinski definition) is 4. The Labute approximate surface area is 118 Å². The molecule has 0 atom stereocenters. The standard InChI is InChI=1S/C14H30N2O2S/c1-14(2,3)13-5-9-16(10-6-13)11-7-15-8-12-19(4,17)18/h13,15H,5-12H2,1-4H3. The minimum absolute atomic E-state index is 0.235. The van der Waals surface area contributed by atoms with Crippen LogP contribution < -0.4 is 5.32 Å². The molecule has 1 saturated heterocycles. The van der Waals surface area contributed by atoms with Crippen molar-refractivity contribution in [2.75, 3.05) is 44.7 Å². The number of likely N-dealkylation sites (tertiary alicyclic amines) is 1. The summed E-state index contributed by atoms with van der Waals surface area (Å²) in [6.45, 7) is 11.8. The van der Waals surface area contributed by atoms with Gasteiger partial charge in [-0.15, -0.1) is 0 Å². The van der Waals surface area contributed by atoms with Gasteiger partial charge in [0.2, 0.25) is 0 Å². The molecule has 5 heteroatoms. The summed E-state index contributed by atoms with van der Waals surface area (Å²) >= 11 is 0. The second-order valence-corrected chi connectivity index (χ2v) is 9.12. The van der Waals surface area contributed by atoms with Crippen molar-refractivity contribution < 1.29 is 8.42 Å². The fourth-order valence-electron chi connectivity index (χ4n) is 2.64. The van der Waals surface area contributed by atoms with E-state index in [1.165, 1.54) is 32.2 Å². The molecule has 114 valence electrons. The van der Waals surface area contributed by atoms with Gasteiger partial charge in [-0.3, -0.25) is 0 Å². The van der Waals surface area contributed by atoms with Gasteiger partial charge < -0.3 is 10.2 Å². The van der Waals surface area contributed by atoms with Crippen molar-refractivity contribution in [3.63, 3.8) is 0 Å². The molecular weight excluding hydrogens is 260 g/mol. The molecule has 0 aromatic carbocycles. The Morgan fingerprint density at radius 1 is 1.16 bits per heavy atom. The number of nitrogens with one attached hydrogen (secondary N) is 1. The van der Waals surface area contributed by atoms with Gasteiger partial charge in [-0.05, 0) is 37.3 Å². The molecule has 0 amide bonds. The zero-order valence-electron chi connectivity index (χ0n) is 12.9. The molecule has 0 aromatic heterocycles. The molecule has 0 unspecified atom stereocenters. The summed E-state index contributed by atoms with van der Waals surface area (Å²) < 4.78 is 22.0. The molecule has 4 nitrogen and oxygen atoms in total. The van der Waals surface area contributed by atoms with Crippen molar-refractivity contribution in [1.82, 2.24) is 10.2 Å². The van der Waals surface area contributed by atoms with Gasteiger partial charge in [0.05, 0.1) is 5.75 Å². The number of sulfone groups is 1.